The lowest BCUT2D eigenvalue weighted by atomic mass is 10.2. The van der Waals surface area contributed by atoms with Crippen LogP contribution >= 0.6 is 12.4 Å². The van der Waals surface area contributed by atoms with Gasteiger partial charge in [0.15, 0.2) is 0 Å². The summed E-state index contributed by atoms with van der Waals surface area (Å²) in [7, 11) is -3.77. The molecular weight excluding hydrogens is 374 g/mol. The van der Waals surface area contributed by atoms with Crippen LogP contribution in [0.2, 0.25) is 0 Å². The van der Waals surface area contributed by atoms with Crippen LogP contribution in [0.25, 0.3) is 0 Å². The van der Waals surface area contributed by atoms with Crippen molar-refractivity contribution in [3.63, 3.8) is 0 Å². The van der Waals surface area contributed by atoms with Gasteiger partial charge in [-0.25, -0.2) is 8.42 Å². The van der Waals surface area contributed by atoms with E-state index in [1.807, 2.05) is 6.07 Å². The molecule has 26 heavy (non-hydrogen) atoms. The molecule has 8 heteroatoms. The summed E-state index contributed by atoms with van der Waals surface area (Å²) in [5, 5.41) is 2.73. The van der Waals surface area contributed by atoms with Gasteiger partial charge < -0.3 is 11.1 Å². The summed E-state index contributed by atoms with van der Waals surface area (Å²) in [6.45, 7) is 4.14. The number of carbonyl (C=O) groups is 1. The van der Waals surface area contributed by atoms with Crippen molar-refractivity contribution in [1.29, 1.82) is 0 Å². The Hall–Kier alpha value is -2.09. The number of hydrogen-bond acceptors (Lipinski definition) is 4. The first kappa shape index (κ1) is 22.0. The minimum Gasteiger partial charge on any atom is -0.348 e. The number of anilines is 1. The number of nitrogens with two attached hydrogens (primary N) is 1. The fraction of sp³-hybridized carbons (Fsp3) is 0.278. The van der Waals surface area contributed by atoms with Crippen molar-refractivity contribution in [2.75, 3.05) is 17.4 Å². The van der Waals surface area contributed by atoms with Crippen LogP contribution in [0.15, 0.2) is 59.5 Å². The van der Waals surface area contributed by atoms with E-state index in [1.54, 1.807) is 50.2 Å². The van der Waals surface area contributed by atoms with Gasteiger partial charge in [0.1, 0.15) is 0 Å². The molecule has 0 fully saturated rings. The summed E-state index contributed by atoms with van der Waals surface area (Å²) >= 11 is 0. The first-order chi connectivity index (χ1) is 11.9. The molecule has 0 aliphatic carbocycles. The average molecular weight is 398 g/mol. The number of hydrogen-bond donors (Lipinski definition) is 2. The molecule has 1 atom stereocenters. The molecule has 0 radical (unpaired) electrons. The van der Waals surface area contributed by atoms with Crippen molar-refractivity contribution < 1.29 is 13.2 Å². The third-order valence-electron chi connectivity index (χ3n) is 3.75. The molecule has 2 rings (SSSR count). The number of benzene rings is 2. The van der Waals surface area contributed by atoms with Gasteiger partial charge in [-0.2, -0.15) is 0 Å². The normalized spacial score (nSPS) is 12.0. The number of halogens is 1. The van der Waals surface area contributed by atoms with Crippen molar-refractivity contribution in [3.8, 4) is 0 Å². The highest BCUT2D eigenvalue weighted by atomic mass is 35.5. The number of para-hydroxylation sites is 1. The monoisotopic (exact) mass is 397 g/mol. The number of nitrogens with zero attached hydrogens (tertiary/aromatic N) is 1. The summed E-state index contributed by atoms with van der Waals surface area (Å²) in [5.41, 5.74) is 6.37. The lowest BCUT2D eigenvalue weighted by molar-refractivity contribution is 0.0941. The Labute approximate surface area is 160 Å². The zero-order valence-electron chi connectivity index (χ0n) is 14.8. The van der Waals surface area contributed by atoms with E-state index in [0.29, 0.717) is 12.2 Å². The maximum absolute atomic E-state index is 13.0. The van der Waals surface area contributed by atoms with Gasteiger partial charge in [-0.1, -0.05) is 24.3 Å². The molecule has 0 bridgehead atoms. The first-order valence-corrected chi connectivity index (χ1v) is 9.53. The SMILES string of the molecule is CCN(c1ccccc1)S(=O)(=O)c1cccc(C(=O)N[C@@H](C)CN)c1.Cl. The highest BCUT2D eigenvalue weighted by Crippen LogP contribution is 2.23. The molecule has 0 aliphatic heterocycles. The molecule has 0 aliphatic rings. The summed E-state index contributed by atoms with van der Waals surface area (Å²) in [4.78, 5) is 12.3. The predicted octanol–water partition coefficient (Wildman–Crippen LogP) is 2.40. The quantitative estimate of drug-likeness (QED) is 0.750. The predicted molar refractivity (Wildman–Crippen MR) is 106 cm³/mol. The topological polar surface area (TPSA) is 92.5 Å². The van der Waals surface area contributed by atoms with Crippen LogP contribution in [0.4, 0.5) is 5.69 Å². The second-order valence-corrected chi connectivity index (χ2v) is 7.51. The van der Waals surface area contributed by atoms with Gasteiger partial charge in [0, 0.05) is 24.7 Å². The van der Waals surface area contributed by atoms with Crippen LogP contribution in [-0.4, -0.2) is 33.5 Å². The van der Waals surface area contributed by atoms with Crippen LogP contribution in [0, 0.1) is 0 Å². The van der Waals surface area contributed by atoms with Gasteiger partial charge in [-0.3, -0.25) is 9.10 Å². The van der Waals surface area contributed by atoms with Crippen molar-refractivity contribution in [2.45, 2.75) is 24.8 Å². The van der Waals surface area contributed by atoms with Crippen molar-refractivity contribution >= 4 is 34.0 Å². The lowest BCUT2D eigenvalue weighted by Gasteiger charge is -2.23. The Morgan fingerprint density at radius 1 is 1.15 bits per heavy atom. The third kappa shape index (κ3) is 4.97. The molecule has 142 valence electrons. The highest BCUT2D eigenvalue weighted by Gasteiger charge is 2.24. The second kappa shape index (κ2) is 9.56. The number of nitrogens with one attached hydrogen (secondary N) is 1. The largest absolute Gasteiger partial charge is 0.348 e. The number of amides is 1. The smallest absolute Gasteiger partial charge is 0.264 e. The number of rotatable bonds is 7. The maximum atomic E-state index is 13.0. The lowest BCUT2D eigenvalue weighted by Crippen LogP contribution is -2.38. The van der Waals surface area contributed by atoms with Crippen LogP contribution in [0.5, 0.6) is 0 Å². The van der Waals surface area contributed by atoms with E-state index in [4.69, 9.17) is 5.73 Å². The standard InChI is InChI=1S/C18H23N3O3S.ClH/c1-3-21(16-9-5-4-6-10-16)25(23,24)17-11-7-8-15(12-17)18(22)20-14(2)13-19;/h4-12,14H,3,13,19H2,1-2H3,(H,20,22);1H/t14-;/m0./s1. The van der Waals surface area contributed by atoms with Gasteiger partial charge in [0.2, 0.25) is 0 Å². The Morgan fingerprint density at radius 3 is 2.38 bits per heavy atom. The van der Waals surface area contributed by atoms with Gasteiger partial charge in [0.25, 0.3) is 15.9 Å². The van der Waals surface area contributed by atoms with Crippen molar-refractivity contribution in [3.05, 3.63) is 60.2 Å². The molecule has 0 unspecified atom stereocenters. The molecule has 2 aromatic carbocycles. The minimum absolute atomic E-state index is 0. The number of sulfonamides is 1. The van der Waals surface area contributed by atoms with Gasteiger partial charge >= 0.3 is 0 Å². The first-order valence-electron chi connectivity index (χ1n) is 8.09. The summed E-state index contributed by atoms with van der Waals surface area (Å²) in [6, 6.07) is 14.7. The zero-order chi connectivity index (χ0) is 18.4. The van der Waals surface area contributed by atoms with Crippen molar-refractivity contribution in [2.24, 2.45) is 5.73 Å². The summed E-state index contributed by atoms with van der Waals surface area (Å²) < 4.78 is 27.3. The molecule has 0 spiro atoms. The van der Waals surface area contributed by atoms with Gasteiger partial charge in [-0.15, -0.1) is 12.4 Å². The number of carbonyl (C=O) groups excluding carboxylic acids is 1. The fourth-order valence-corrected chi connectivity index (χ4v) is 3.90. The van der Waals surface area contributed by atoms with Crippen LogP contribution in [0.1, 0.15) is 24.2 Å². The summed E-state index contributed by atoms with van der Waals surface area (Å²) in [6.07, 6.45) is 0. The minimum atomic E-state index is -3.77. The summed E-state index contributed by atoms with van der Waals surface area (Å²) in [5.74, 6) is -0.349. The third-order valence-corrected chi connectivity index (χ3v) is 5.65. The van der Waals surface area contributed by atoms with Crippen LogP contribution in [-0.2, 0) is 10.0 Å². The van der Waals surface area contributed by atoms with E-state index in [2.05, 4.69) is 5.32 Å². The fourth-order valence-electron chi connectivity index (χ4n) is 2.38. The molecule has 0 heterocycles. The maximum Gasteiger partial charge on any atom is 0.264 e. The molecule has 2 aromatic rings. The second-order valence-electron chi connectivity index (χ2n) is 5.64. The van der Waals surface area contributed by atoms with Gasteiger partial charge in [-0.05, 0) is 44.2 Å². The van der Waals surface area contributed by atoms with E-state index in [0.717, 1.165) is 0 Å². The molecule has 0 aromatic heterocycles. The van der Waals surface area contributed by atoms with E-state index in [-0.39, 0.29) is 41.4 Å². The van der Waals surface area contributed by atoms with E-state index in [1.165, 1.54) is 16.4 Å². The molecule has 3 N–H and O–H groups in total. The Morgan fingerprint density at radius 2 is 1.81 bits per heavy atom. The Balaban J connectivity index is 0.00000338. The van der Waals surface area contributed by atoms with Crippen LogP contribution < -0.4 is 15.4 Å². The Bertz CT molecular complexity index is 829. The van der Waals surface area contributed by atoms with E-state index in [9.17, 15) is 13.2 Å². The van der Waals surface area contributed by atoms with Crippen LogP contribution in [0.3, 0.4) is 0 Å². The van der Waals surface area contributed by atoms with Crippen molar-refractivity contribution in [1.82, 2.24) is 5.32 Å². The average Bonchev–Trinajstić information content (AvgIpc) is 2.63. The molecular formula is C18H24ClN3O3S. The molecule has 0 saturated heterocycles. The van der Waals surface area contributed by atoms with Gasteiger partial charge in [0.05, 0.1) is 10.6 Å². The molecule has 6 nitrogen and oxygen atoms in total. The Kier molecular flexibility index (Phi) is 8.08. The van der Waals surface area contributed by atoms with E-state index >= 15 is 0 Å². The zero-order valence-corrected chi connectivity index (χ0v) is 16.4. The molecule has 0 saturated carbocycles. The molecule has 1 amide bonds. The van der Waals surface area contributed by atoms with E-state index < -0.39 is 10.0 Å². The highest BCUT2D eigenvalue weighted by molar-refractivity contribution is 7.92.